The lowest BCUT2D eigenvalue weighted by Gasteiger charge is -2.33. The fourth-order valence-corrected chi connectivity index (χ4v) is 5.08. The first-order chi connectivity index (χ1) is 15.5. The lowest BCUT2D eigenvalue weighted by Crippen LogP contribution is -2.31. The predicted octanol–water partition coefficient (Wildman–Crippen LogP) is 5.45. The van der Waals surface area contributed by atoms with E-state index in [1.807, 2.05) is 31.2 Å². The van der Waals surface area contributed by atoms with Crippen LogP contribution in [0, 0.1) is 18.3 Å². The molecule has 5 nitrogen and oxygen atoms in total. The van der Waals surface area contributed by atoms with E-state index in [0.717, 1.165) is 29.7 Å². The largest absolute Gasteiger partial charge is 0.352 e. The maximum absolute atomic E-state index is 12.8. The smallest absolute Gasteiger partial charge is 0.234 e. The topological polar surface area (TPSA) is 82.0 Å². The van der Waals surface area contributed by atoms with Crippen LogP contribution in [0.15, 0.2) is 70.4 Å². The fraction of sp³-hybridized carbons (Fsp3) is 0.240. The van der Waals surface area contributed by atoms with Crippen LogP contribution in [0.3, 0.4) is 0 Å². The highest BCUT2D eigenvalue weighted by Crippen LogP contribution is 2.44. The molecule has 0 fully saturated rings. The number of dihydropyridines is 1. The van der Waals surface area contributed by atoms with Crippen molar-refractivity contribution in [3.63, 3.8) is 0 Å². The molecule has 1 amide bonds. The average molecular weight is 464 g/mol. The van der Waals surface area contributed by atoms with E-state index in [-0.39, 0.29) is 17.4 Å². The molecule has 4 rings (SSSR count). The molecule has 1 atom stereocenters. The lowest BCUT2D eigenvalue weighted by molar-refractivity contribution is -0.116. The van der Waals surface area contributed by atoms with Gasteiger partial charge in [-0.3, -0.25) is 9.59 Å². The number of Topliss-reactive ketones (excluding diaryl/α,β-unsaturated/α-hetero) is 1. The molecular formula is C25H22ClN3O2S. The van der Waals surface area contributed by atoms with Crippen molar-refractivity contribution in [2.45, 2.75) is 32.1 Å². The number of nitrogens with one attached hydrogen (secondary N) is 2. The molecule has 2 N–H and O–H groups in total. The van der Waals surface area contributed by atoms with Crippen LogP contribution < -0.4 is 10.6 Å². The van der Waals surface area contributed by atoms with Gasteiger partial charge in [0.1, 0.15) is 0 Å². The number of carbonyl (C=O) groups is 2. The second-order valence-electron chi connectivity index (χ2n) is 7.84. The van der Waals surface area contributed by atoms with Crippen LogP contribution in [0.5, 0.6) is 0 Å². The minimum atomic E-state index is -0.414. The van der Waals surface area contributed by atoms with Crippen molar-refractivity contribution in [1.82, 2.24) is 5.32 Å². The molecule has 0 saturated heterocycles. The number of nitriles is 1. The van der Waals surface area contributed by atoms with Gasteiger partial charge in [-0.15, -0.1) is 0 Å². The van der Waals surface area contributed by atoms with E-state index < -0.39 is 5.92 Å². The zero-order chi connectivity index (χ0) is 22.7. The van der Waals surface area contributed by atoms with Gasteiger partial charge in [0.05, 0.1) is 28.3 Å². The highest BCUT2D eigenvalue weighted by molar-refractivity contribution is 8.03. The molecule has 0 radical (unpaired) electrons. The van der Waals surface area contributed by atoms with Crippen LogP contribution in [0.1, 0.15) is 36.3 Å². The van der Waals surface area contributed by atoms with Gasteiger partial charge < -0.3 is 10.6 Å². The number of nitrogens with zero attached hydrogens (tertiary/aromatic N) is 1. The normalized spacial score (nSPS) is 18.0. The summed E-state index contributed by atoms with van der Waals surface area (Å²) in [5, 5.41) is 17.3. The summed E-state index contributed by atoms with van der Waals surface area (Å²) < 4.78 is 0. The minimum absolute atomic E-state index is 0.0832. The van der Waals surface area contributed by atoms with Crippen molar-refractivity contribution in [2.75, 3.05) is 11.1 Å². The van der Waals surface area contributed by atoms with Crippen LogP contribution in [0.2, 0.25) is 5.02 Å². The number of hydrogen-bond acceptors (Lipinski definition) is 5. The first-order valence-corrected chi connectivity index (χ1v) is 11.7. The molecule has 1 aliphatic heterocycles. The van der Waals surface area contributed by atoms with Crippen LogP contribution in [-0.4, -0.2) is 17.4 Å². The van der Waals surface area contributed by atoms with Crippen LogP contribution >= 0.6 is 23.4 Å². The number of rotatable bonds is 5. The number of benzene rings is 2. The SMILES string of the molecule is Cc1ccc(C2C(C#N)=C(SCC(=O)Nc3cccc(Cl)c3)NC3=C2C(=O)CCC3)cc1. The van der Waals surface area contributed by atoms with Gasteiger partial charge >= 0.3 is 0 Å². The second-order valence-corrected chi connectivity index (χ2v) is 9.26. The predicted molar refractivity (Wildman–Crippen MR) is 128 cm³/mol. The van der Waals surface area contributed by atoms with Crippen molar-refractivity contribution in [3.8, 4) is 6.07 Å². The Labute approximate surface area is 196 Å². The van der Waals surface area contributed by atoms with Crippen molar-refractivity contribution in [3.05, 3.63) is 86.6 Å². The number of aryl methyl sites for hydroxylation is 1. The van der Waals surface area contributed by atoms with E-state index in [2.05, 4.69) is 16.7 Å². The summed E-state index contributed by atoms with van der Waals surface area (Å²) in [6.45, 7) is 2.00. The van der Waals surface area contributed by atoms with E-state index in [9.17, 15) is 14.9 Å². The van der Waals surface area contributed by atoms with E-state index >= 15 is 0 Å². The highest BCUT2D eigenvalue weighted by Gasteiger charge is 2.37. The summed E-state index contributed by atoms with van der Waals surface area (Å²) in [5.74, 6) is -0.407. The molecule has 0 bridgehead atoms. The molecule has 2 aromatic rings. The molecule has 0 spiro atoms. The van der Waals surface area contributed by atoms with E-state index in [4.69, 9.17) is 11.6 Å². The summed E-state index contributed by atoms with van der Waals surface area (Å²) in [4.78, 5) is 25.3. The van der Waals surface area contributed by atoms with Gasteiger partial charge in [0.15, 0.2) is 5.78 Å². The van der Waals surface area contributed by atoms with Crippen molar-refractivity contribution < 1.29 is 9.59 Å². The number of amides is 1. The maximum atomic E-state index is 12.8. The molecular weight excluding hydrogens is 442 g/mol. The summed E-state index contributed by atoms with van der Waals surface area (Å²) in [6, 6.07) is 17.2. The zero-order valence-electron chi connectivity index (χ0n) is 17.6. The second kappa shape index (κ2) is 9.64. The highest BCUT2D eigenvalue weighted by atomic mass is 35.5. The molecule has 162 valence electrons. The maximum Gasteiger partial charge on any atom is 0.234 e. The Morgan fingerprint density at radius 2 is 2.03 bits per heavy atom. The van der Waals surface area contributed by atoms with Crippen LogP contribution in [0.25, 0.3) is 0 Å². The molecule has 32 heavy (non-hydrogen) atoms. The molecule has 1 aliphatic carbocycles. The summed E-state index contributed by atoms with van der Waals surface area (Å²) in [7, 11) is 0. The Kier molecular flexibility index (Phi) is 6.69. The number of thioether (sulfide) groups is 1. The van der Waals surface area contributed by atoms with Crippen LogP contribution in [-0.2, 0) is 9.59 Å². The van der Waals surface area contributed by atoms with E-state index in [1.165, 1.54) is 11.8 Å². The van der Waals surface area contributed by atoms with Gasteiger partial charge in [-0.05, 0) is 43.5 Å². The first kappa shape index (κ1) is 22.2. The monoisotopic (exact) mass is 463 g/mol. The van der Waals surface area contributed by atoms with Crippen molar-refractivity contribution in [2.24, 2.45) is 0 Å². The van der Waals surface area contributed by atoms with E-state index in [0.29, 0.717) is 33.3 Å². The Hall–Kier alpha value is -3.01. The fourth-order valence-electron chi connectivity index (χ4n) is 4.03. The Bertz CT molecular complexity index is 1180. The Balaban J connectivity index is 1.61. The third-order valence-electron chi connectivity index (χ3n) is 5.53. The molecule has 0 saturated carbocycles. The zero-order valence-corrected chi connectivity index (χ0v) is 19.1. The summed E-state index contributed by atoms with van der Waals surface area (Å²) in [6.07, 6.45) is 2.02. The number of hydrogen-bond donors (Lipinski definition) is 2. The minimum Gasteiger partial charge on any atom is -0.352 e. The Morgan fingerprint density at radius 1 is 1.25 bits per heavy atom. The van der Waals surface area contributed by atoms with Gasteiger partial charge in [-0.2, -0.15) is 5.26 Å². The standard InChI is InChI=1S/C25H22ClN3O2S/c1-15-8-10-16(11-9-15)23-19(13-27)25(29-20-6-3-7-21(30)24(20)23)32-14-22(31)28-18-5-2-4-17(26)12-18/h2,4-5,8-12,23,29H,3,6-7,14H2,1H3,(H,28,31). The van der Waals surface area contributed by atoms with Gasteiger partial charge in [-0.25, -0.2) is 0 Å². The van der Waals surface area contributed by atoms with Crippen molar-refractivity contribution >= 4 is 40.7 Å². The number of halogens is 1. The van der Waals surface area contributed by atoms with E-state index in [1.54, 1.807) is 24.3 Å². The van der Waals surface area contributed by atoms with Gasteiger partial charge in [-0.1, -0.05) is 59.3 Å². The van der Waals surface area contributed by atoms with Gasteiger partial charge in [0.25, 0.3) is 0 Å². The molecule has 1 unspecified atom stereocenters. The first-order valence-electron chi connectivity index (χ1n) is 10.4. The van der Waals surface area contributed by atoms with Crippen molar-refractivity contribution in [1.29, 1.82) is 5.26 Å². The summed E-state index contributed by atoms with van der Waals surface area (Å²) in [5.41, 5.74) is 4.67. The number of anilines is 1. The molecule has 2 aromatic carbocycles. The van der Waals surface area contributed by atoms with Crippen LogP contribution in [0.4, 0.5) is 5.69 Å². The Morgan fingerprint density at radius 3 is 2.75 bits per heavy atom. The number of allylic oxidation sites excluding steroid dienone is 3. The molecule has 7 heteroatoms. The third kappa shape index (κ3) is 4.74. The third-order valence-corrected chi connectivity index (χ3v) is 6.78. The number of ketones is 1. The molecule has 0 aromatic heterocycles. The molecule has 2 aliphatic rings. The van der Waals surface area contributed by atoms with Gasteiger partial charge in [0.2, 0.25) is 5.91 Å². The quantitative estimate of drug-likeness (QED) is 0.616. The van der Waals surface area contributed by atoms with Gasteiger partial charge in [0, 0.05) is 28.4 Å². The summed E-state index contributed by atoms with van der Waals surface area (Å²) >= 11 is 7.26. The lowest BCUT2D eigenvalue weighted by atomic mass is 9.77. The molecule has 1 heterocycles. The number of carbonyl (C=O) groups excluding carboxylic acids is 2. The average Bonchev–Trinajstić information content (AvgIpc) is 2.77.